The molecule has 0 radical (unpaired) electrons. The van der Waals surface area contributed by atoms with Gasteiger partial charge in [-0.1, -0.05) is 0 Å². The van der Waals surface area contributed by atoms with Crippen LogP contribution in [-0.2, 0) is 19.5 Å². The van der Waals surface area contributed by atoms with Gasteiger partial charge in [-0.2, -0.15) is 11.8 Å². The van der Waals surface area contributed by atoms with E-state index in [2.05, 4.69) is 15.6 Å². The monoisotopic (exact) mass is 536 g/mol. The Kier molecular flexibility index (Phi) is 13.3. The molecule has 0 saturated carbocycles. The van der Waals surface area contributed by atoms with Gasteiger partial charge >= 0.3 is 0 Å². The smallest absolute Gasteiger partial charge is 0.215 e. The van der Waals surface area contributed by atoms with Crippen molar-refractivity contribution in [3.8, 4) is 0 Å². The Morgan fingerprint density at radius 3 is 2.78 bits per heavy atom. The molecule has 0 aromatic carbocycles. The van der Waals surface area contributed by atoms with Crippen LogP contribution in [0.4, 0.5) is 0 Å². The van der Waals surface area contributed by atoms with Crippen molar-refractivity contribution in [1.82, 2.24) is 14.9 Å². The molecule has 2 N–H and O–H groups in total. The number of hydrogen-bond donors (Lipinski definition) is 2. The predicted octanol–water partition coefficient (Wildman–Crippen LogP) is 0.734. The first kappa shape index (κ1) is 25.2. The molecular weight excluding hydrogens is 503 g/mol. The van der Waals surface area contributed by atoms with Crippen molar-refractivity contribution in [1.29, 1.82) is 0 Å². The van der Waals surface area contributed by atoms with Gasteiger partial charge in [0.2, 0.25) is 10.0 Å². The number of nitrogens with one attached hydrogen (secondary N) is 2. The van der Waals surface area contributed by atoms with E-state index < -0.39 is 10.0 Å². The fourth-order valence-corrected chi connectivity index (χ4v) is 5.24. The second kappa shape index (κ2) is 14.2. The van der Waals surface area contributed by atoms with Gasteiger partial charge in [-0.25, -0.2) is 12.7 Å². The van der Waals surface area contributed by atoms with Crippen LogP contribution in [0.3, 0.4) is 0 Å². The molecule has 2 heterocycles. The summed E-state index contributed by atoms with van der Waals surface area (Å²) in [6.07, 6.45) is 2.03. The van der Waals surface area contributed by atoms with Gasteiger partial charge in [-0.05, 0) is 19.8 Å². The number of guanidine groups is 1. The lowest BCUT2D eigenvalue weighted by molar-refractivity contribution is 0.0424. The minimum Gasteiger partial charge on any atom is -0.379 e. The fraction of sp³-hybridized carbons (Fsp3) is 0.938. The van der Waals surface area contributed by atoms with Gasteiger partial charge in [0.15, 0.2) is 5.96 Å². The summed E-state index contributed by atoms with van der Waals surface area (Å²) in [4.78, 5) is 4.48. The lowest BCUT2D eigenvalue weighted by atomic mass is 10.3. The van der Waals surface area contributed by atoms with Crippen LogP contribution in [0, 0.1) is 0 Å². The molecule has 1 unspecified atom stereocenters. The summed E-state index contributed by atoms with van der Waals surface area (Å²) < 4.78 is 37.3. The van der Waals surface area contributed by atoms with Gasteiger partial charge in [0.25, 0.3) is 0 Å². The van der Waals surface area contributed by atoms with Crippen molar-refractivity contribution < 1.29 is 17.9 Å². The van der Waals surface area contributed by atoms with Gasteiger partial charge in [-0.15, -0.1) is 24.0 Å². The van der Waals surface area contributed by atoms with Crippen LogP contribution in [0.2, 0.25) is 0 Å². The molecule has 27 heavy (non-hydrogen) atoms. The first-order valence-electron chi connectivity index (χ1n) is 9.39. The van der Waals surface area contributed by atoms with Gasteiger partial charge in [0.05, 0.1) is 18.5 Å². The molecule has 2 aliphatic rings. The minimum absolute atomic E-state index is 0. The van der Waals surface area contributed by atoms with E-state index in [1.807, 2.05) is 6.92 Å². The molecule has 2 fully saturated rings. The molecule has 0 amide bonds. The molecule has 2 saturated heterocycles. The highest BCUT2D eigenvalue weighted by molar-refractivity contribution is 14.0. The number of hydrogen-bond acceptors (Lipinski definition) is 6. The van der Waals surface area contributed by atoms with E-state index in [1.54, 1.807) is 16.1 Å². The lowest BCUT2D eigenvalue weighted by Gasteiger charge is -2.25. The summed E-state index contributed by atoms with van der Waals surface area (Å²) in [5.74, 6) is 2.51. The third-order valence-electron chi connectivity index (χ3n) is 4.17. The number of rotatable bonds is 10. The topological polar surface area (TPSA) is 92.3 Å². The third kappa shape index (κ3) is 9.97. The number of aliphatic imine (C=N–C) groups is 1. The van der Waals surface area contributed by atoms with Crippen LogP contribution in [0.5, 0.6) is 0 Å². The van der Waals surface area contributed by atoms with Crippen molar-refractivity contribution in [2.45, 2.75) is 25.9 Å². The van der Waals surface area contributed by atoms with E-state index in [0.29, 0.717) is 45.4 Å². The van der Waals surface area contributed by atoms with E-state index in [0.717, 1.165) is 37.5 Å². The molecule has 0 aromatic rings. The number of thioether (sulfide) groups is 1. The maximum Gasteiger partial charge on any atom is 0.215 e. The summed E-state index contributed by atoms with van der Waals surface area (Å²) in [6.45, 7) is 7.10. The zero-order chi connectivity index (χ0) is 18.7. The van der Waals surface area contributed by atoms with Crippen LogP contribution in [0.15, 0.2) is 4.99 Å². The van der Waals surface area contributed by atoms with Crippen molar-refractivity contribution in [3.05, 3.63) is 0 Å². The van der Waals surface area contributed by atoms with E-state index in [9.17, 15) is 8.42 Å². The van der Waals surface area contributed by atoms with Gasteiger partial charge in [0.1, 0.15) is 0 Å². The predicted molar refractivity (Wildman–Crippen MR) is 122 cm³/mol. The normalized spacial score (nSPS) is 21.7. The zero-order valence-corrected chi connectivity index (χ0v) is 20.0. The Labute approximate surface area is 184 Å². The second-order valence-electron chi connectivity index (χ2n) is 6.22. The van der Waals surface area contributed by atoms with Crippen molar-refractivity contribution in [2.24, 2.45) is 4.99 Å². The molecule has 0 aromatic heterocycles. The zero-order valence-electron chi connectivity index (χ0n) is 16.0. The van der Waals surface area contributed by atoms with Crippen molar-refractivity contribution >= 4 is 51.7 Å². The Morgan fingerprint density at radius 2 is 2.11 bits per heavy atom. The summed E-state index contributed by atoms with van der Waals surface area (Å²) in [7, 11) is -3.19. The Bertz CT molecular complexity index is 525. The van der Waals surface area contributed by atoms with E-state index in [4.69, 9.17) is 9.47 Å². The highest BCUT2D eigenvalue weighted by Crippen LogP contribution is 2.13. The quantitative estimate of drug-likeness (QED) is 0.184. The molecule has 8 nitrogen and oxygen atoms in total. The lowest BCUT2D eigenvalue weighted by Crippen LogP contribution is -2.44. The highest BCUT2D eigenvalue weighted by atomic mass is 127. The summed E-state index contributed by atoms with van der Waals surface area (Å²) in [5.41, 5.74) is 0. The average Bonchev–Trinajstić information content (AvgIpc) is 3.15. The second-order valence-corrected chi connectivity index (χ2v) is 9.54. The number of ether oxygens (including phenoxy) is 2. The van der Waals surface area contributed by atoms with E-state index >= 15 is 0 Å². The van der Waals surface area contributed by atoms with Crippen molar-refractivity contribution in [3.63, 3.8) is 0 Å². The summed E-state index contributed by atoms with van der Waals surface area (Å²) in [6, 6.07) is 0. The van der Waals surface area contributed by atoms with Crippen LogP contribution >= 0.6 is 35.7 Å². The molecule has 2 rings (SSSR count). The fourth-order valence-electron chi connectivity index (χ4n) is 2.74. The van der Waals surface area contributed by atoms with Crippen LogP contribution in [0.1, 0.15) is 19.8 Å². The third-order valence-corrected chi connectivity index (χ3v) is 6.99. The first-order chi connectivity index (χ1) is 12.6. The standard InChI is InChI=1S/C16H32N4O4S2.HI/c1-2-17-16(18-5-3-9-24-15-4-10-23-14-15)19-6-13-26(21,22)20-7-11-25-12-8-20;/h15H,2-14H2,1H3,(H2,17,18,19);1H. The first-order valence-corrected chi connectivity index (χ1v) is 12.2. The largest absolute Gasteiger partial charge is 0.379 e. The number of halogens is 1. The van der Waals surface area contributed by atoms with Gasteiger partial charge in [0, 0.05) is 57.4 Å². The van der Waals surface area contributed by atoms with E-state index in [-0.39, 0.29) is 35.8 Å². The maximum absolute atomic E-state index is 12.3. The molecule has 160 valence electrons. The highest BCUT2D eigenvalue weighted by Gasteiger charge is 2.23. The minimum atomic E-state index is -3.19. The van der Waals surface area contributed by atoms with Gasteiger partial charge in [-0.3, -0.25) is 4.99 Å². The molecule has 0 bridgehead atoms. The Morgan fingerprint density at radius 1 is 1.33 bits per heavy atom. The Balaban J connectivity index is 0.00000364. The SMILES string of the molecule is CCNC(=NCCCOC1CCOC1)NCCS(=O)(=O)N1CCSCC1.I. The summed E-state index contributed by atoms with van der Waals surface area (Å²) in [5, 5.41) is 6.26. The number of nitrogens with zero attached hydrogens (tertiary/aromatic N) is 2. The van der Waals surface area contributed by atoms with E-state index in [1.165, 1.54) is 0 Å². The summed E-state index contributed by atoms with van der Waals surface area (Å²) >= 11 is 1.80. The average molecular weight is 537 g/mol. The van der Waals surface area contributed by atoms with Crippen LogP contribution in [-0.4, -0.2) is 94.6 Å². The molecule has 1 atom stereocenters. The molecule has 0 aliphatic carbocycles. The van der Waals surface area contributed by atoms with Gasteiger partial charge < -0.3 is 20.1 Å². The van der Waals surface area contributed by atoms with Crippen molar-refractivity contribution in [2.75, 3.05) is 69.8 Å². The molecule has 0 spiro atoms. The van der Waals surface area contributed by atoms with Crippen LogP contribution in [0.25, 0.3) is 0 Å². The number of sulfonamides is 1. The molecular formula is C16H33IN4O4S2. The molecule has 2 aliphatic heterocycles. The van der Waals surface area contributed by atoms with Crippen LogP contribution < -0.4 is 10.6 Å². The Hall–Kier alpha value is 0.180. The molecule has 11 heteroatoms. The maximum atomic E-state index is 12.3.